The fourth-order valence-corrected chi connectivity index (χ4v) is 1.66. The quantitative estimate of drug-likeness (QED) is 0.592. The highest BCUT2D eigenvalue weighted by molar-refractivity contribution is 9.08. The summed E-state index contributed by atoms with van der Waals surface area (Å²) in [5, 5.41) is -0.252. The van der Waals surface area contributed by atoms with Crippen molar-refractivity contribution in [3.8, 4) is 0 Å². The molecule has 0 aliphatic rings. The van der Waals surface area contributed by atoms with Gasteiger partial charge in [0.05, 0.1) is 5.02 Å². The Morgan fingerprint density at radius 1 is 1.54 bits per heavy atom. The first kappa shape index (κ1) is 10.8. The summed E-state index contributed by atoms with van der Waals surface area (Å²) in [5.41, 5.74) is -0.687. The first-order valence-electron chi connectivity index (χ1n) is 3.24. The van der Waals surface area contributed by atoms with Crippen LogP contribution >= 0.6 is 27.5 Å². The first-order valence-corrected chi connectivity index (χ1v) is 4.74. The number of aromatic nitrogens is 1. The van der Waals surface area contributed by atoms with E-state index in [-0.39, 0.29) is 15.9 Å². The van der Waals surface area contributed by atoms with Gasteiger partial charge in [-0.05, 0) is 0 Å². The molecule has 0 aromatic carbocycles. The van der Waals surface area contributed by atoms with Crippen LogP contribution in [0.3, 0.4) is 0 Å². The van der Waals surface area contributed by atoms with Gasteiger partial charge >= 0.3 is 0 Å². The third kappa shape index (κ3) is 2.14. The Morgan fingerprint density at radius 2 is 2.15 bits per heavy atom. The van der Waals surface area contributed by atoms with Gasteiger partial charge in [-0.2, -0.15) is 4.39 Å². The van der Waals surface area contributed by atoms with Gasteiger partial charge in [-0.3, -0.25) is 0 Å². The molecule has 72 valence electrons. The minimum Gasteiger partial charge on any atom is -0.226 e. The highest BCUT2D eigenvalue weighted by Gasteiger charge is 2.20. The van der Waals surface area contributed by atoms with E-state index in [1.165, 1.54) is 0 Å². The van der Waals surface area contributed by atoms with Gasteiger partial charge in [-0.15, -0.1) is 0 Å². The summed E-state index contributed by atoms with van der Waals surface area (Å²) in [7, 11) is 0. The summed E-state index contributed by atoms with van der Waals surface area (Å²) < 4.78 is 37.6. The third-order valence-corrected chi connectivity index (χ3v) is 2.34. The number of nitrogens with zero attached hydrogens (tertiary/aromatic N) is 1. The molecule has 0 spiro atoms. The third-order valence-electron chi connectivity index (χ3n) is 1.47. The van der Waals surface area contributed by atoms with Gasteiger partial charge in [0.25, 0.3) is 6.43 Å². The molecular weight excluding hydrogens is 270 g/mol. The second-order valence-corrected chi connectivity index (χ2v) is 3.19. The lowest BCUT2D eigenvalue weighted by Crippen LogP contribution is -2.00. The van der Waals surface area contributed by atoms with Crippen LogP contribution in [-0.4, -0.2) is 4.98 Å². The van der Waals surface area contributed by atoms with E-state index < -0.39 is 17.9 Å². The summed E-state index contributed by atoms with van der Waals surface area (Å²) in [6.07, 6.45) is -1.91. The van der Waals surface area contributed by atoms with Crippen molar-refractivity contribution in [2.45, 2.75) is 11.8 Å². The minimum atomic E-state index is -2.79. The lowest BCUT2D eigenvalue weighted by atomic mass is 10.1. The van der Waals surface area contributed by atoms with E-state index in [4.69, 9.17) is 11.6 Å². The monoisotopic (exact) mass is 273 g/mol. The minimum absolute atomic E-state index is 0.0356. The van der Waals surface area contributed by atoms with Crippen molar-refractivity contribution in [3.63, 3.8) is 0 Å². The molecule has 0 unspecified atom stereocenters. The molecule has 0 bridgehead atoms. The van der Waals surface area contributed by atoms with E-state index in [1.54, 1.807) is 0 Å². The van der Waals surface area contributed by atoms with Gasteiger partial charge in [0.1, 0.15) is 0 Å². The van der Waals surface area contributed by atoms with Crippen LogP contribution in [0.5, 0.6) is 0 Å². The second-order valence-electron chi connectivity index (χ2n) is 2.22. The number of halogens is 5. The molecular formula is C7H4BrClF3N. The molecule has 1 rings (SSSR count). The molecule has 1 heterocycles. The van der Waals surface area contributed by atoms with E-state index in [0.717, 1.165) is 6.20 Å². The predicted octanol–water partition coefficient (Wildman–Crippen LogP) is 3.71. The Hall–Kier alpha value is -0.290. The number of hydrogen-bond donors (Lipinski definition) is 0. The Kier molecular flexibility index (Phi) is 3.55. The van der Waals surface area contributed by atoms with Crippen molar-refractivity contribution in [3.05, 3.63) is 28.3 Å². The SMILES string of the molecule is Fc1ncc(Cl)c(C(F)F)c1CBr. The fraction of sp³-hybridized carbons (Fsp3) is 0.286. The van der Waals surface area contributed by atoms with Crippen LogP contribution in [0.1, 0.15) is 17.6 Å². The molecule has 0 saturated heterocycles. The van der Waals surface area contributed by atoms with Gasteiger partial charge in [-0.25, -0.2) is 13.8 Å². The average molecular weight is 274 g/mol. The first-order chi connectivity index (χ1) is 6.07. The molecule has 0 atom stereocenters. The predicted molar refractivity (Wildman–Crippen MR) is 46.8 cm³/mol. The zero-order chi connectivity index (χ0) is 10.0. The maximum atomic E-state index is 12.9. The van der Waals surface area contributed by atoms with Crippen LogP contribution in [0.15, 0.2) is 6.20 Å². The normalized spacial score (nSPS) is 10.9. The molecule has 0 fully saturated rings. The Bertz CT molecular complexity index is 319. The van der Waals surface area contributed by atoms with Gasteiger partial charge < -0.3 is 0 Å². The maximum absolute atomic E-state index is 12.9. The standard InChI is InChI=1S/C7H4BrClF3N/c8-1-3-5(6(10)11)4(9)2-13-7(3)12/h2,6H,1H2. The molecule has 0 amide bonds. The summed E-state index contributed by atoms with van der Waals surface area (Å²) in [6.45, 7) is 0. The molecule has 0 aliphatic carbocycles. The Labute approximate surface area is 86.0 Å². The molecule has 1 aromatic heterocycles. The molecule has 13 heavy (non-hydrogen) atoms. The van der Waals surface area contributed by atoms with Crippen LogP contribution in [0.2, 0.25) is 5.02 Å². The molecule has 1 nitrogen and oxygen atoms in total. The smallest absolute Gasteiger partial charge is 0.226 e. The highest BCUT2D eigenvalue weighted by atomic mass is 79.9. The van der Waals surface area contributed by atoms with E-state index >= 15 is 0 Å². The molecule has 0 radical (unpaired) electrons. The topological polar surface area (TPSA) is 12.9 Å². The van der Waals surface area contributed by atoms with E-state index in [2.05, 4.69) is 20.9 Å². The van der Waals surface area contributed by atoms with Crippen molar-refractivity contribution < 1.29 is 13.2 Å². The van der Waals surface area contributed by atoms with Gasteiger partial charge in [0.15, 0.2) is 0 Å². The van der Waals surface area contributed by atoms with Crippen LogP contribution < -0.4 is 0 Å². The van der Waals surface area contributed by atoms with Crippen molar-refractivity contribution in [1.82, 2.24) is 4.98 Å². The van der Waals surface area contributed by atoms with Gasteiger partial charge in [-0.1, -0.05) is 27.5 Å². The Balaban J connectivity index is 3.35. The van der Waals surface area contributed by atoms with Gasteiger partial charge in [0.2, 0.25) is 5.95 Å². The number of pyridine rings is 1. The average Bonchev–Trinajstić information content (AvgIpc) is 2.07. The van der Waals surface area contributed by atoms with Crippen molar-refractivity contribution in [1.29, 1.82) is 0 Å². The number of alkyl halides is 3. The molecule has 1 aromatic rings. The summed E-state index contributed by atoms with van der Waals surface area (Å²) >= 11 is 8.33. The fourth-order valence-electron chi connectivity index (χ4n) is 0.879. The van der Waals surface area contributed by atoms with Crippen molar-refractivity contribution in [2.24, 2.45) is 0 Å². The zero-order valence-electron chi connectivity index (χ0n) is 6.20. The van der Waals surface area contributed by atoms with Crippen molar-refractivity contribution >= 4 is 27.5 Å². The highest BCUT2D eigenvalue weighted by Crippen LogP contribution is 2.31. The van der Waals surface area contributed by atoms with Crippen LogP contribution in [0.25, 0.3) is 0 Å². The van der Waals surface area contributed by atoms with E-state index in [0.29, 0.717) is 0 Å². The number of rotatable bonds is 2. The van der Waals surface area contributed by atoms with E-state index in [1.807, 2.05) is 0 Å². The molecule has 0 N–H and O–H groups in total. The zero-order valence-corrected chi connectivity index (χ0v) is 8.54. The lowest BCUT2D eigenvalue weighted by Gasteiger charge is -2.08. The second kappa shape index (κ2) is 4.28. The molecule has 0 aliphatic heterocycles. The van der Waals surface area contributed by atoms with Crippen LogP contribution in [0, 0.1) is 5.95 Å². The van der Waals surface area contributed by atoms with E-state index in [9.17, 15) is 13.2 Å². The largest absolute Gasteiger partial charge is 0.265 e. The Morgan fingerprint density at radius 3 is 2.54 bits per heavy atom. The lowest BCUT2D eigenvalue weighted by molar-refractivity contribution is 0.150. The molecule has 6 heteroatoms. The summed E-state index contributed by atoms with van der Waals surface area (Å²) in [4.78, 5) is 3.23. The van der Waals surface area contributed by atoms with Gasteiger partial charge in [0, 0.05) is 22.7 Å². The van der Waals surface area contributed by atoms with Crippen LogP contribution in [0.4, 0.5) is 13.2 Å². The number of hydrogen-bond acceptors (Lipinski definition) is 1. The van der Waals surface area contributed by atoms with Crippen LogP contribution in [-0.2, 0) is 5.33 Å². The molecule has 0 saturated carbocycles. The summed E-state index contributed by atoms with van der Waals surface area (Å²) in [6, 6.07) is 0. The van der Waals surface area contributed by atoms with Crippen molar-refractivity contribution in [2.75, 3.05) is 0 Å². The maximum Gasteiger partial charge on any atom is 0.265 e. The summed E-state index contributed by atoms with van der Waals surface area (Å²) in [5.74, 6) is -0.920.